The van der Waals surface area contributed by atoms with Gasteiger partial charge in [-0.05, 0) is 53.2 Å². The molecule has 0 bridgehead atoms. The van der Waals surface area contributed by atoms with E-state index in [1.165, 1.54) is 13.8 Å². The van der Waals surface area contributed by atoms with E-state index in [1.807, 2.05) is 0 Å². The lowest BCUT2D eigenvalue weighted by Gasteiger charge is -2.40. The van der Waals surface area contributed by atoms with Gasteiger partial charge in [-0.1, -0.05) is 19.9 Å². The van der Waals surface area contributed by atoms with E-state index >= 15 is 13.2 Å². The first-order valence-corrected chi connectivity index (χ1v) is 11.5. The van der Waals surface area contributed by atoms with Crippen molar-refractivity contribution in [3.8, 4) is 0 Å². The molecule has 2 heterocycles. The van der Waals surface area contributed by atoms with E-state index in [0.29, 0.717) is 0 Å². The fraction of sp³-hybridized carbons (Fsp3) is 0.355. The van der Waals surface area contributed by atoms with Crippen LogP contribution in [-0.4, -0.2) is 47.4 Å². The minimum absolute atomic E-state index is 0.178. The molecule has 0 aromatic heterocycles. The Hall–Kier alpha value is -3.68. The lowest BCUT2D eigenvalue weighted by Crippen LogP contribution is -2.32. The summed E-state index contributed by atoms with van der Waals surface area (Å²) in [4.78, 5) is 12.6. The van der Waals surface area contributed by atoms with Crippen LogP contribution in [0.3, 0.4) is 0 Å². The number of halogens is 4. The number of benzene rings is 2. The maximum Gasteiger partial charge on any atom is 0.339 e. The number of hydrogen-bond donors (Lipinski definition) is 1. The van der Waals surface area contributed by atoms with E-state index in [-0.39, 0.29) is 31.7 Å². The Labute approximate surface area is 246 Å². The summed E-state index contributed by atoms with van der Waals surface area (Å²) in [5.74, 6) is -11.6. The highest BCUT2D eigenvalue weighted by Gasteiger charge is 2.42. The quantitative estimate of drug-likeness (QED) is 0.208. The van der Waals surface area contributed by atoms with Gasteiger partial charge in [0.1, 0.15) is 24.0 Å². The molecule has 4 nitrogen and oxygen atoms in total. The first-order chi connectivity index (χ1) is 24.6. The largest absolute Gasteiger partial charge is 0.478 e. The second-order valence-electron chi connectivity index (χ2n) is 9.39. The molecule has 0 atom stereocenters. The molecule has 4 aliphatic rings. The summed E-state index contributed by atoms with van der Waals surface area (Å²) in [5, 5.41) is 9.99. The molecule has 2 saturated heterocycles. The molecule has 6 rings (SSSR count). The van der Waals surface area contributed by atoms with Crippen LogP contribution >= 0.6 is 0 Å². The molecule has 0 saturated carbocycles. The normalized spacial score (nSPS) is 36.4. The monoisotopic (exact) mass is 553 g/mol. The summed E-state index contributed by atoms with van der Waals surface area (Å²) in [6.45, 7) is -10.8. The fourth-order valence-corrected chi connectivity index (χ4v) is 5.09. The number of aromatic carboxylic acids is 1. The van der Waals surface area contributed by atoms with Gasteiger partial charge in [-0.25, -0.2) is 26.9 Å². The number of allylic oxidation sites excluding steroid dienone is 5. The van der Waals surface area contributed by atoms with Crippen molar-refractivity contribution in [3.05, 3.63) is 93.1 Å². The highest BCUT2D eigenvalue weighted by atomic mass is 19.2. The summed E-state index contributed by atoms with van der Waals surface area (Å²) in [7, 11) is 0. The zero-order valence-corrected chi connectivity index (χ0v) is 20.2. The third-order valence-electron chi connectivity index (χ3n) is 6.93. The van der Waals surface area contributed by atoms with Gasteiger partial charge in [-0.3, -0.25) is 0 Å². The van der Waals surface area contributed by atoms with Crippen molar-refractivity contribution < 1.29 is 54.0 Å². The van der Waals surface area contributed by atoms with Crippen molar-refractivity contribution >= 4 is 22.9 Å². The molecule has 2 aliphatic carbocycles. The van der Waals surface area contributed by atoms with Crippen molar-refractivity contribution in [1.29, 1.82) is 0 Å². The number of carboxylic acid groups (broad SMARTS) is 1. The molecular weight excluding hydrogens is 508 g/mol. The van der Waals surface area contributed by atoms with Gasteiger partial charge in [0.25, 0.3) is 0 Å². The average Bonchev–Trinajstić information content (AvgIpc) is 3.17. The van der Waals surface area contributed by atoms with Crippen molar-refractivity contribution in [3.63, 3.8) is 0 Å². The smallest absolute Gasteiger partial charge is 0.339 e. The Bertz CT molecular complexity index is 2210. The van der Waals surface area contributed by atoms with Gasteiger partial charge in [0, 0.05) is 76.6 Å². The molecular formula is C31H29F4N2O2+. The number of carbonyl (C=O) groups is 1. The third-order valence-corrected chi connectivity index (χ3v) is 6.93. The first kappa shape index (κ1) is 13.1. The molecule has 2 aromatic carbocycles. The Morgan fingerprint density at radius 3 is 2.31 bits per heavy atom. The van der Waals surface area contributed by atoms with Crippen LogP contribution in [0.15, 0.2) is 47.6 Å². The highest BCUT2D eigenvalue weighted by Crippen LogP contribution is 2.52. The van der Waals surface area contributed by atoms with Crippen molar-refractivity contribution in [2.24, 2.45) is 0 Å². The molecule has 0 amide bonds. The third kappa shape index (κ3) is 3.86. The van der Waals surface area contributed by atoms with Crippen LogP contribution in [-0.2, 0) is 5.41 Å². The van der Waals surface area contributed by atoms with Gasteiger partial charge < -0.3 is 10.0 Å². The Kier molecular flexibility index (Phi) is 3.10. The SMILES string of the molecule is [2H]C1([2H])N(c2ccc3c(c2)C(C)(C)C2=CC(=[N+]4C([2H])([2H])C([2H])([2H])C([2H])([2H])C4([2H])[2H])C=CC2=C3c2c(F)c(F)c(F)c(F)c2C(=O)O)C([2H])([2H])C([2H])([2H])C1([2H])[2H]. The van der Waals surface area contributed by atoms with Crippen molar-refractivity contribution in [1.82, 2.24) is 0 Å². The van der Waals surface area contributed by atoms with Crippen LogP contribution in [0.1, 0.15) is 88.3 Å². The molecule has 8 heteroatoms. The van der Waals surface area contributed by atoms with Crippen LogP contribution in [0.5, 0.6) is 0 Å². The molecule has 202 valence electrons. The standard InChI is InChI=1S/C31H28F4N2O2/c1-31(2)21-15-17(36-11-3-4-12-36)7-9-19(21)23(20-10-8-18(16-22(20)31)37-13-5-6-14-37)24-25(30(38)39)27(33)29(35)28(34)26(24)32/h7-10,15-16H,3-6,11-14H2,1-2H3/p+1/i3D2,4D2,5D2,6D2,11D2,12D2,13D2,14D2. The van der Waals surface area contributed by atoms with Crippen LogP contribution in [0.4, 0.5) is 23.2 Å². The van der Waals surface area contributed by atoms with Gasteiger partial charge >= 0.3 is 5.97 Å². The number of rotatable bonds is 3. The average molecular weight is 554 g/mol. The topological polar surface area (TPSA) is 43.5 Å². The molecule has 0 radical (unpaired) electrons. The summed E-state index contributed by atoms with van der Waals surface area (Å²) in [6.07, 6.45) is -11.1. The molecule has 2 aromatic rings. The summed E-state index contributed by atoms with van der Waals surface area (Å²) >= 11 is 0. The minimum atomic E-state index is -3.50. The molecule has 39 heavy (non-hydrogen) atoms. The second kappa shape index (κ2) is 9.21. The predicted octanol–water partition coefficient (Wildman–Crippen LogP) is 6.38. The summed E-state index contributed by atoms with van der Waals surface area (Å²) < 4.78 is 195. The fourth-order valence-electron chi connectivity index (χ4n) is 5.09. The highest BCUT2D eigenvalue weighted by molar-refractivity contribution is 6.08. The maximum atomic E-state index is 16.0. The van der Waals surface area contributed by atoms with Crippen LogP contribution in [0.2, 0.25) is 0 Å². The summed E-state index contributed by atoms with van der Waals surface area (Å²) in [6, 6.07) is 2.95. The molecule has 1 N–H and O–H groups in total. The van der Waals surface area contributed by atoms with E-state index in [9.17, 15) is 14.3 Å². The number of nitrogens with zero attached hydrogens (tertiary/aromatic N) is 2. The van der Waals surface area contributed by atoms with Crippen molar-refractivity contribution in [2.75, 3.05) is 30.9 Å². The van der Waals surface area contributed by atoms with Gasteiger partial charge in [-0.15, -0.1) is 0 Å². The molecule has 2 fully saturated rings. The number of anilines is 1. The Balaban J connectivity index is 1.77. The van der Waals surface area contributed by atoms with Gasteiger partial charge in [0.15, 0.2) is 29.0 Å². The van der Waals surface area contributed by atoms with Gasteiger partial charge in [0.05, 0.1) is 0 Å². The van der Waals surface area contributed by atoms with Crippen LogP contribution < -0.4 is 4.90 Å². The van der Waals surface area contributed by atoms with E-state index < -0.39 is 114 Å². The second-order valence-corrected chi connectivity index (χ2v) is 9.39. The molecule has 2 aliphatic heterocycles. The number of carboxylic acids is 1. The predicted molar refractivity (Wildman–Crippen MR) is 142 cm³/mol. The zero-order valence-electron chi connectivity index (χ0n) is 36.2. The van der Waals surface area contributed by atoms with Gasteiger partial charge in [-0.2, -0.15) is 0 Å². The lowest BCUT2D eigenvalue weighted by atomic mass is 9.64. The first-order valence-electron chi connectivity index (χ1n) is 19.5. The van der Waals surface area contributed by atoms with Crippen LogP contribution in [0.25, 0.3) is 5.57 Å². The molecule has 0 unspecified atom stereocenters. The number of fused-ring (bicyclic) bond motifs is 2. The zero-order chi connectivity index (χ0) is 42.0. The number of hydrogen-bond acceptors (Lipinski definition) is 2. The van der Waals surface area contributed by atoms with Crippen molar-refractivity contribution in [2.45, 2.75) is 44.8 Å². The lowest BCUT2D eigenvalue weighted by molar-refractivity contribution is -0.504. The Morgan fingerprint density at radius 2 is 1.64 bits per heavy atom. The minimum Gasteiger partial charge on any atom is -0.478 e. The Morgan fingerprint density at radius 1 is 0.974 bits per heavy atom. The van der Waals surface area contributed by atoms with E-state index in [2.05, 4.69) is 0 Å². The van der Waals surface area contributed by atoms with E-state index in [4.69, 9.17) is 21.9 Å². The molecule has 0 spiro atoms. The maximum absolute atomic E-state index is 16.0. The van der Waals surface area contributed by atoms with Crippen LogP contribution in [0, 0.1) is 23.3 Å². The van der Waals surface area contributed by atoms with E-state index in [0.717, 1.165) is 36.4 Å². The van der Waals surface area contributed by atoms with Gasteiger partial charge in [0.2, 0.25) is 0 Å². The van der Waals surface area contributed by atoms with E-state index in [1.54, 1.807) is 0 Å². The summed E-state index contributed by atoms with van der Waals surface area (Å²) in [5.41, 5.74) is -7.29.